The molecule has 2 N–H and O–H groups in total. The van der Waals surface area contributed by atoms with Gasteiger partial charge in [0.25, 0.3) is 0 Å². The molecule has 0 saturated carbocycles. The fourth-order valence-corrected chi connectivity index (χ4v) is 4.65. The summed E-state index contributed by atoms with van der Waals surface area (Å²) in [4.78, 5) is 14.5. The summed E-state index contributed by atoms with van der Waals surface area (Å²) in [5, 5.41) is 12.2. The molecule has 0 aromatic heterocycles. The van der Waals surface area contributed by atoms with Crippen LogP contribution in [0.4, 0.5) is 14.9 Å². The number of nitrogens with one attached hydrogen (secondary N) is 1. The largest absolute Gasteiger partial charge is 0.394 e. The third-order valence-electron chi connectivity index (χ3n) is 5.76. The second-order valence-corrected chi connectivity index (χ2v) is 10.5. The summed E-state index contributed by atoms with van der Waals surface area (Å²) in [6.07, 6.45) is -0.542. The molecule has 0 saturated heterocycles. The van der Waals surface area contributed by atoms with Gasteiger partial charge in [-0.3, -0.25) is 0 Å². The highest BCUT2D eigenvalue weighted by Gasteiger charge is 2.30. The van der Waals surface area contributed by atoms with E-state index in [-0.39, 0.29) is 36.2 Å². The van der Waals surface area contributed by atoms with Crippen LogP contribution in [-0.2, 0) is 14.8 Å². The minimum atomic E-state index is -3.73. The normalized spacial score (nSPS) is 14.5. The van der Waals surface area contributed by atoms with Gasteiger partial charge in [-0.25, -0.2) is 17.6 Å². The molecule has 2 amide bonds. The van der Waals surface area contributed by atoms with Crippen molar-refractivity contribution in [2.45, 2.75) is 37.8 Å². The average Bonchev–Trinajstić information content (AvgIpc) is 2.81. The number of anilines is 1. The van der Waals surface area contributed by atoms with Crippen molar-refractivity contribution < 1.29 is 27.4 Å². The van der Waals surface area contributed by atoms with E-state index >= 15 is 0 Å². The van der Waals surface area contributed by atoms with E-state index in [1.807, 2.05) is 13.8 Å². The number of methoxy groups -OCH3 is 1. The molecule has 2 aromatic rings. The first-order valence-corrected chi connectivity index (χ1v) is 12.4. The number of sulfonamides is 1. The monoisotopic (exact) mass is 495 g/mol. The number of benzene rings is 2. The Labute approximate surface area is 201 Å². The van der Waals surface area contributed by atoms with Crippen LogP contribution in [0.5, 0.6) is 0 Å². The standard InChI is InChI=1S/C24H34FN3O5S/c1-17-10-12-20(13-11-17)34(31,32)27(4)15-23(33-5)18(2)14-28(19(3)16-29)24(30)26-22-9-7-6-8-21(22)25/h6-13,18-19,23,29H,14-16H2,1-5H3,(H,26,30)/t18-,19+,23-/m0/s1. The van der Waals surface area contributed by atoms with Gasteiger partial charge in [-0.2, -0.15) is 4.31 Å². The predicted octanol–water partition coefficient (Wildman–Crippen LogP) is 3.32. The van der Waals surface area contributed by atoms with Gasteiger partial charge in [0, 0.05) is 33.2 Å². The fraction of sp³-hybridized carbons (Fsp3) is 0.458. The summed E-state index contributed by atoms with van der Waals surface area (Å²) in [6, 6.07) is 11.3. The Hall–Kier alpha value is -2.53. The van der Waals surface area contributed by atoms with E-state index in [0.717, 1.165) is 5.56 Å². The number of rotatable bonds is 11. The lowest BCUT2D eigenvalue weighted by atomic mass is 10.0. The number of halogens is 1. The van der Waals surface area contributed by atoms with Crippen LogP contribution < -0.4 is 5.32 Å². The summed E-state index contributed by atoms with van der Waals surface area (Å²) in [7, 11) is -0.769. The Morgan fingerprint density at radius 2 is 1.74 bits per heavy atom. The predicted molar refractivity (Wildman–Crippen MR) is 130 cm³/mol. The Bertz CT molecular complexity index is 1050. The molecule has 0 spiro atoms. The average molecular weight is 496 g/mol. The number of hydrogen-bond acceptors (Lipinski definition) is 5. The van der Waals surface area contributed by atoms with E-state index in [0.29, 0.717) is 0 Å². The van der Waals surface area contributed by atoms with Crippen LogP contribution in [0.3, 0.4) is 0 Å². The first-order chi connectivity index (χ1) is 16.0. The quantitative estimate of drug-likeness (QED) is 0.498. The maximum Gasteiger partial charge on any atom is 0.322 e. The van der Waals surface area contributed by atoms with Crippen LogP contribution >= 0.6 is 0 Å². The van der Waals surface area contributed by atoms with Crippen LogP contribution in [0.25, 0.3) is 0 Å². The highest BCUT2D eigenvalue weighted by Crippen LogP contribution is 2.20. The Balaban J connectivity index is 2.14. The second kappa shape index (κ2) is 12.3. The molecule has 34 heavy (non-hydrogen) atoms. The van der Waals surface area contributed by atoms with E-state index in [2.05, 4.69) is 5.32 Å². The molecule has 0 aliphatic heterocycles. The van der Waals surface area contributed by atoms with Gasteiger partial charge in [-0.05, 0) is 38.1 Å². The number of carbonyl (C=O) groups excluding carboxylic acids is 1. The van der Waals surface area contributed by atoms with Crippen LogP contribution in [0.1, 0.15) is 19.4 Å². The van der Waals surface area contributed by atoms with Crippen molar-refractivity contribution in [1.82, 2.24) is 9.21 Å². The molecule has 2 rings (SSSR count). The van der Waals surface area contributed by atoms with Crippen LogP contribution in [0.2, 0.25) is 0 Å². The van der Waals surface area contributed by atoms with E-state index in [4.69, 9.17) is 4.74 Å². The number of aliphatic hydroxyl groups excluding tert-OH is 1. The van der Waals surface area contributed by atoms with Gasteiger partial charge in [-0.15, -0.1) is 0 Å². The molecular weight excluding hydrogens is 461 g/mol. The van der Waals surface area contributed by atoms with Crippen molar-refractivity contribution in [3.8, 4) is 0 Å². The zero-order valence-electron chi connectivity index (χ0n) is 20.2. The van der Waals surface area contributed by atoms with Crippen molar-refractivity contribution in [2.24, 2.45) is 5.92 Å². The number of amides is 2. The first-order valence-electron chi connectivity index (χ1n) is 11.0. The number of para-hydroxylation sites is 1. The van der Waals surface area contributed by atoms with Crippen molar-refractivity contribution in [1.29, 1.82) is 0 Å². The molecule has 2 aromatic carbocycles. The smallest absolute Gasteiger partial charge is 0.322 e. The third kappa shape index (κ3) is 6.99. The molecule has 0 aliphatic rings. The van der Waals surface area contributed by atoms with Gasteiger partial charge in [0.1, 0.15) is 5.82 Å². The van der Waals surface area contributed by atoms with Crippen molar-refractivity contribution >= 4 is 21.7 Å². The van der Waals surface area contributed by atoms with Gasteiger partial charge in [0.05, 0.1) is 29.3 Å². The van der Waals surface area contributed by atoms with E-state index in [1.165, 1.54) is 41.6 Å². The highest BCUT2D eigenvalue weighted by atomic mass is 32.2. The minimum absolute atomic E-state index is 0.0301. The van der Waals surface area contributed by atoms with Gasteiger partial charge in [-0.1, -0.05) is 36.8 Å². The molecule has 0 radical (unpaired) electrons. The van der Waals surface area contributed by atoms with Crippen molar-refractivity contribution in [3.05, 3.63) is 59.9 Å². The van der Waals surface area contributed by atoms with Crippen molar-refractivity contribution in [3.63, 3.8) is 0 Å². The van der Waals surface area contributed by atoms with Gasteiger partial charge >= 0.3 is 6.03 Å². The Morgan fingerprint density at radius 3 is 2.29 bits per heavy atom. The molecule has 0 heterocycles. The number of ether oxygens (including phenoxy) is 1. The van der Waals surface area contributed by atoms with Crippen LogP contribution in [0, 0.1) is 18.7 Å². The van der Waals surface area contributed by atoms with Gasteiger partial charge < -0.3 is 20.1 Å². The minimum Gasteiger partial charge on any atom is -0.394 e. The number of aryl methyl sites for hydroxylation is 1. The molecule has 10 heteroatoms. The zero-order chi connectivity index (χ0) is 25.5. The Morgan fingerprint density at radius 1 is 1.12 bits per heavy atom. The van der Waals surface area contributed by atoms with Crippen molar-refractivity contribution in [2.75, 3.05) is 39.2 Å². The number of carbonyl (C=O) groups is 1. The summed E-state index contributed by atoms with van der Waals surface area (Å²) < 4.78 is 46.7. The number of nitrogens with zero attached hydrogens (tertiary/aromatic N) is 2. The SMILES string of the molecule is CO[C@@H](CN(C)S(=O)(=O)c1ccc(C)cc1)[C@@H](C)CN(C(=O)Nc1ccccc1F)[C@H](C)CO. The van der Waals surface area contributed by atoms with Gasteiger partial charge in [0.15, 0.2) is 0 Å². The second-order valence-electron chi connectivity index (χ2n) is 8.44. The number of aliphatic hydroxyl groups is 1. The summed E-state index contributed by atoms with van der Waals surface area (Å²) in [6.45, 7) is 5.29. The highest BCUT2D eigenvalue weighted by molar-refractivity contribution is 7.89. The molecule has 0 aliphatic carbocycles. The molecule has 188 valence electrons. The molecular formula is C24H34FN3O5S. The van der Waals surface area contributed by atoms with E-state index in [1.54, 1.807) is 37.3 Å². The number of likely N-dealkylation sites (N-methyl/N-ethyl adjacent to an activating group) is 1. The molecule has 8 nitrogen and oxygen atoms in total. The number of urea groups is 1. The maximum absolute atomic E-state index is 14.0. The summed E-state index contributed by atoms with van der Waals surface area (Å²) >= 11 is 0. The topological polar surface area (TPSA) is 99.2 Å². The van der Waals surface area contributed by atoms with Crippen LogP contribution in [-0.4, -0.2) is 74.8 Å². The summed E-state index contributed by atoms with van der Waals surface area (Å²) in [5.41, 5.74) is 0.985. The summed E-state index contributed by atoms with van der Waals surface area (Å²) in [5.74, 6) is -0.876. The van der Waals surface area contributed by atoms with E-state index < -0.39 is 34.0 Å². The molecule has 0 bridgehead atoms. The zero-order valence-corrected chi connectivity index (χ0v) is 21.0. The third-order valence-corrected chi connectivity index (χ3v) is 7.60. The molecule has 3 atom stereocenters. The fourth-order valence-electron chi connectivity index (χ4n) is 3.47. The lowest BCUT2D eigenvalue weighted by Gasteiger charge is -2.34. The van der Waals surface area contributed by atoms with Gasteiger partial charge in [0.2, 0.25) is 10.0 Å². The maximum atomic E-state index is 14.0. The molecule has 0 unspecified atom stereocenters. The first kappa shape index (κ1) is 27.7. The number of hydrogen-bond donors (Lipinski definition) is 2. The lowest BCUT2D eigenvalue weighted by Crippen LogP contribution is -2.49. The Kier molecular flexibility index (Phi) is 9.99. The lowest BCUT2D eigenvalue weighted by molar-refractivity contribution is 0.0305. The molecule has 0 fully saturated rings. The van der Waals surface area contributed by atoms with E-state index in [9.17, 15) is 22.7 Å². The van der Waals surface area contributed by atoms with Crippen LogP contribution in [0.15, 0.2) is 53.4 Å².